The maximum atomic E-state index is 11.9. The van der Waals surface area contributed by atoms with E-state index >= 15 is 0 Å². The van der Waals surface area contributed by atoms with Crippen molar-refractivity contribution in [3.8, 4) is 0 Å². The summed E-state index contributed by atoms with van der Waals surface area (Å²) in [5, 5.41) is 11.9. The normalized spacial score (nSPS) is 24.5. The highest BCUT2D eigenvalue weighted by Crippen LogP contribution is 2.32. The minimum Gasteiger partial charge on any atom is -0.353 e. The molecule has 1 amide bonds. The molecule has 128 valence electrons. The molecular weight excluding hydrogens is 336 g/mol. The molecular formula is C14H22N4O3S2. The molecule has 2 heterocycles. The van der Waals surface area contributed by atoms with Crippen LogP contribution in [0.2, 0.25) is 0 Å². The van der Waals surface area contributed by atoms with Crippen molar-refractivity contribution in [3.05, 3.63) is 5.82 Å². The molecule has 1 aliphatic carbocycles. The van der Waals surface area contributed by atoms with Crippen molar-refractivity contribution in [2.75, 3.05) is 17.3 Å². The summed E-state index contributed by atoms with van der Waals surface area (Å²) >= 11 is 1.34. The molecule has 0 unspecified atom stereocenters. The summed E-state index contributed by atoms with van der Waals surface area (Å²) in [6.07, 6.45) is 3.00. The predicted molar refractivity (Wildman–Crippen MR) is 88.1 cm³/mol. The molecule has 0 aromatic carbocycles. The number of nitrogens with zero attached hydrogens (tertiary/aromatic N) is 3. The SMILES string of the molecule is C[C@@H](NC(=O)CSc1nnc([C@@H]2CCS(=O)(=O)C2)n1C)C1CC1. The van der Waals surface area contributed by atoms with Crippen molar-refractivity contribution in [1.29, 1.82) is 0 Å². The van der Waals surface area contributed by atoms with E-state index in [-0.39, 0.29) is 29.4 Å². The monoisotopic (exact) mass is 358 g/mol. The quantitative estimate of drug-likeness (QED) is 0.753. The molecule has 0 bridgehead atoms. The lowest BCUT2D eigenvalue weighted by atomic mass is 10.1. The molecule has 1 aromatic rings. The van der Waals surface area contributed by atoms with Gasteiger partial charge in [-0.1, -0.05) is 11.8 Å². The van der Waals surface area contributed by atoms with Gasteiger partial charge in [0, 0.05) is 19.0 Å². The van der Waals surface area contributed by atoms with Crippen LogP contribution >= 0.6 is 11.8 Å². The first kappa shape index (κ1) is 16.8. The first-order valence-corrected chi connectivity index (χ1v) is 10.7. The van der Waals surface area contributed by atoms with E-state index in [4.69, 9.17) is 0 Å². The van der Waals surface area contributed by atoms with E-state index in [1.165, 1.54) is 24.6 Å². The Balaban J connectivity index is 1.56. The first-order chi connectivity index (χ1) is 10.9. The molecule has 0 radical (unpaired) electrons. The van der Waals surface area contributed by atoms with Crippen molar-refractivity contribution in [1.82, 2.24) is 20.1 Å². The highest BCUT2D eigenvalue weighted by atomic mass is 32.2. The van der Waals surface area contributed by atoms with Gasteiger partial charge in [-0.25, -0.2) is 8.42 Å². The second-order valence-electron chi connectivity index (χ2n) is 6.48. The fourth-order valence-corrected chi connectivity index (χ4v) is 5.41. The molecule has 2 fully saturated rings. The van der Waals surface area contributed by atoms with E-state index in [0.717, 1.165) is 0 Å². The van der Waals surface area contributed by atoms with Gasteiger partial charge in [0.1, 0.15) is 5.82 Å². The lowest BCUT2D eigenvalue weighted by Crippen LogP contribution is -2.35. The Morgan fingerprint density at radius 1 is 1.39 bits per heavy atom. The molecule has 1 N–H and O–H groups in total. The van der Waals surface area contributed by atoms with Gasteiger partial charge < -0.3 is 9.88 Å². The molecule has 9 heteroatoms. The molecule has 1 saturated heterocycles. The largest absolute Gasteiger partial charge is 0.353 e. The third-order valence-corrected chi connectivity index (χ3v) is 7.30. The Morgan fingerprint density at radius 3 is 2.74 bits per heavy atom. The lowest BCUT2D eigenvalue weighted by molar-refractivity contribution is -0.119. The van der Waals surface area contributed by atoms with Crippen molar-refractivity contribution < 1.29 is 13.2 Å². The number of rotatable bonds is 6. The highest BCUT2D eigenvalue weighted by molar-refractivity contribution is 7.99. The van der Waals surface area contributed by atoms with Gasteiger partial charge in [-0.05, 0) is 32.1 Å². The summed E-state index contributed by atoms with van der Waals surface area (Å²) in [5.74, 6) is 1.90. The lowest BCUT2D eigenvalue weighted by Gasteiger charge is -2.12. The highest BCUT2D eigenvalue weighted by Gasteiger charge is 2.33. The molecule has 0 spiro atoms. The van der Waals surface area contributed by atoms with Gasteiger partial charge in [-0.15, -0.1) is 10.2 Å². The van der Waals surface area contributed by atoms with Gasteiger partial charge in [0.15, 0.2) is 15.0 Å². The number of thioether (sulfide) groups is 1. The fraction of sp³-hybridized carbons (Fsp3) is 0.786. The summed E-state index contributed by atoms with van der Waals surface area (Å²) in [4.78, 5) is 11.9. The number of nitrogens with one attached hydrogen (secondary N) is 1. The van der Waals surface area contributed by atoms with Crippen LogP contribution in [-0.4, -0.2) is 52.4 Å². The van der Waals surface area contributed by atoms with Crippen LogP contribution in [-0.2, 0) is 21.7 Å². The van der Waals surface area contributed by atoms with E-state index in [1.807, 2.05) is 18.5 Å². The Hall–Kier alpha value is -1.09. The summed E-state index contributed by atoms with van der Waals surface area (Å²) < 4.78 is 25.0. The molecule has 2 aliphatic rings. The first-order valence-electron chi connectivity index (χ1n) is 7.87. The summed E-state index contributed by atoms with van der Waals surface area (Å²) in [5.41, 5.74) is 0. The summed E-state index contributed by atoms with van der Waals surface area (Å²) in [7, 11) is -1.12. The third-order valence-electron chi connectivity index (χ3n) is 4.52. The summed E-state index contributed by atoms with van der Waals surface area (Å²) in [6.45, 7) is 2.04. The number of hydrogen-bond donors (Lipinski definition) is 1. The molecule has 23 heavy (non-hydrogen) atoms. The van der Waals surface area contributed by atoms with Gasteiger partial charge in [0.05, 0.1) is 17.3 Å². The van der Waals surface area contributed by atoms with E-state index in [1.54, 1.807) is 0 Å². The number of hydrogen-bond acceptors (Lipinski definition) is 6. The van der Waals surface area contributed by atoms with E-state index < -0.39 is 9.84 Å². The number of amides is 1. The second kappa shape index (κ2) is 6.43. The van der Waals surface area contributed by atoms with Crippen LogP contribution in [0.3, 0.4) is 0 Å². The average molecular weight is 358 g/mol. The van der Waals surface area contributed by atoms with Gasteiger partial charge in [0.2, 0.25) is 5.91 Å². The third kappa shape index (κ3) is 4.06. The Bertz CT molecular complexity index is 697. The van der Waals surface area contributed by atoms with Crippen LogP contribution in [0.4, 0.5) is 0 Å². The van der Waals surface area contributed by atoms with Gasteiger partial charge in [-0.3, -0.25) is 4.79 Å². The second-order valence-corrected chi connectivity index (χ2v) is 9.65. The number of aromatic nitrogens is 3. The number of sulfone groups is 1. The maximum Gasteiger partial charge on any atom is 0.230 e. The number of carbonyl (C=O) groups is 1. The predicted octanol–water partition coefficient (Wildman–Crippen LogP) is 0.724. The Morgan fingerprint density at radius 2 is 2.13 bits per heavy atom. The van der Waals surface area contributed by atoms with Gasteiger partial charge in [-0.2, -0.15) is 0 Å². The van der Waals surface area contributed by atoms with Crippen LogP contribution in [0.25, 0.3) is 0 Å². The Kier molecular flexibility index (Phi) is 4.68. The topological polar surface area (TPSA) is 94.0 Å². The molecule has 3 rings (SSSR count). The van der Waals surface area contributed by atoms with Gasteiger partial charge >= 0.3 is 0 Å². The van der Waals surface area contributed by atoms with Crippen LogP contribution in [0.1, 0.15) is 37.9 Å². The van der Waals surface area contributed by atoms with Crippen LogP contribution in [0.5, 0.6) is 0 Å². The maximum absolute atomic E-state index is 11.9. The zero-order chi connectivity index (χ0) is 16.6. The summed E-state index contributed by atoms with van der Waals surface area (Å²) in [6, 6.07) is 0.238. The van der Waals surface area contributed by atoms with Crippen molar-refractivity contribution >= 4 is 27.5 Å². The van der Waals surface area contributed by atoms with Crippen LogP contribution in [0, 0.1) is 5.92 Å². The Labute approximate surface area is 140 Å². The van der Waals surface area contributed by atoms with E-state index in [0.29, 0.717) is 29.1 Å². The van der Waals surface area contributed by atoms with E-state index in [9.17, 15) is 13.2 Å². The minimum absolute atomic E-state index is 0.00222. The van der Waals surface area contributed by atoms with Gasteiger partial charge in [0.25, 0.3) is 0 Å². The standard InChI is InChI=1S/C14H22N4O3S2/c1-9(10-3-4-10)15-12(19)7-22-14-17-16-13(18(14)2)11-5-6-23(20,21)8-11/h9-11H,3-8H2,1-2H3,(H,15,19)/t9-,11-/m1/s1. The smallest absolute Gasteiger partial charge is 0.230 e. The average Bonchev–Trinajstić information content (AvgIpc) is 3.18. The van der Waals surface area contributed by atoms with Crippen LogP contribution < -0.4 is 5.32 Å². The zero-order valence-corrected chi connectivity index (χ0v) is 15.0. The number of carbonyl (C=O) groups excluding carboxylic acids is 1. The molecule has 2 atom stereocenters. The molecule has 7 nitrogen and oxygen atoms in total. The van der Waals surface area contributed by atoms with Crippen molar-refractivity contribution in [3.63, 3.8) is 0 Å². The van der Waals surface area contributed by atoms with Crippen molar-refractivity contribution in [2.24, 2.45) is 13.0 Å². The molecule has 1 aliphatic heterocycles. The fourth-order valence-electron chi connectivity index (χ4n) is 2.95. The molecule has 1 aromatic heterocycles. The van der Waals surface area contributed by atoms with Crippen LogP contribution in [0.15, 0.2) is 5.16 Å². The zero-order valence-electron chi connectivity index (χ0n) is 13.4. The van der Waals surface area contributed by atoms with Crippen molar-refractivity contribution in [2.45, 2.75) is 43.3 Å². The van der Waals surface area contributed by atoms with E-state index in [2.05, 4.69) is 15.5 Å². The molecule has 1 saturated carbocycles. The minimum atomic E-state index is -2.94.